The molecule has 1 N–H and O–H groups in total. The Morgan fingerprint density at radius 1 is 1.28 bits per heavy atom. The van der Waals surface area contributed by atoms with E-state index in [-0.39, 0.29) is 42.0 Å². The van der Waals surface area contributed by atoms with Crippen molar-refractivity contribution in [3.8, 4) is 0 Å². The number of carbonyl (C=O) groups excluding carboxylic acids is 1. The third-order valence-corrected chi connectivity index (χ3v) is 7.17. The minimum absolute atomic E-state index is 0.0396. The summed E-state index contributed by atoms with van der Waals surface area (Å²) in [6.45, 7) is 0.320. The second kappa shape index (κ2) is 6.34. The van der Waals surface area contributed by atoms with Crippen LogP contribution in [0.4, 0.5) is 4.39 Å². The van der Waals surface area contributed by atoms with Crippen molar-refractivity contribution >= 4 is 15.9 Å². The van der Waals surface area contributed by atoms with Crippen LogP contribution in [0.3, 0.4) is 0 Å². The summed E-state index contributed by atoms with van der Waals surface area (Å²) in [5.74, 6) is -0.949. The molecule has 3 aliphatic rings. The van der Waals surface area contributed by atoms with Gasteiger partial charge >= 0.3 is 0 Å². The molecule has 6 nitrogen and oxygen atoms in total. The van der Waals surface area contributed by atoms with Crippen molar-refractivity contribution < 1.29 is 22.3 Å². The van der Waals surface area contributed by atoms with Gasteiger partial charge in [-0.2, -0.15) is 4.31 Å². The van der Waals surface area contributed by atoms with Gasteiger partial charge in [0.1, 0.15) is 5.82 Å². The molecule has 1 saturated carbocycles. The Morgan fingerprint density at radius 2 is 2.08 bits per heavy atom. The van der Waals surface area contributed by atoms with Crippen molar-refractivity contribution in [2.45, 2.75) is 48.8 Å². The molecule has 0 radical (unpaired) electrons. The van der Waals surface area contributed by atoms with Crippen molar-refractivity contribution in [1.29, 1.82) is 0 Å². The van der Waals surface area contributed by atoms with Crippen LogP contribution in [0.25, 0.3) is 0 Å². The monoisotopic (exact) mass is 368 g/mol. The van der Waals surface area contributed by atoms with Crippen LogP contribution in [-0.2, 0) is 19.6 Å². The summed E-state index contributed by atoms with van der Waals surface area (Å²) in [5, 5.41) is 3.03. The van der Waals surface area contributed by atoms with Gasteiger partial charge in [0.05, 0.1) is 23.0 Å². The lowest BCUT2D eigenvalue weighted by atomic mass is 9.91. The number of ether oxygens (including phenoxy) is 1. The first kappa shape index (κ1) is 16.9. The summed E-state index contributed by atoms with van der Waals surface area (Å²) in [7, 11) is -3.79. The molecule has 1 amide bonds. The fourth-order valence-electron chi connectivity index (χ4n) is 3.73. The molecule has 0 aromatic heterocycles. The van der Waals surface area contributed by atoms with Gasteiger partial charge in [0.15, 0.2) is 0 Å². The molecule has 3 fully saturated rings. The smallest absolute Gasteiger partial charge is 0.243 e. The molecule has 1 aromatic rings. The summed E-state index contributed by atoms with van der Waals surface area (Å²) in [5.41, 5.74) is 0. The number of rotatable bonds is 4. The normalized spacial score (nSPS) is 30.0. The molecule has 0 spiro atoms. The van der Waals surface area contributed by atoms with Crippen LogP contribution in [0.5, 0.6) is 0 Å². The number of nitrogens with zero attached hydrogens (tertiary/aromatic N) is 1. The number of fused-ring (bicyclic) bond motifs is 2. The summed E-state index contributed by atoms with van der Waals surface area (Å²) in [4.78, 5) is 12.4. The van der Waals surface area contributed by atoms with Crippen LogP contribution in [0.2, 0.25) is 0 Å². The molecule has 2 heterocycles. The predicted octanol–water partition coefficient (Wildman–Crippen LogP) is 1.27. The van der Waals surface area contributed by atoms with E-state index in [1.54, 1.807) is 0 Å². The third kappa shape index (κ3) is 3.18. The Labute approximate surface area is 146 Å². The molecule has 136 valence electrons. The number of hydrogen-bond donors (Lipinski definition) is 1. The lowest BCUT2D eigenvalue weighted by Crippen LogP contribution is -2.49. The first-order chi connectivity index (χ1) is 11.9. The number of morpholine rings is 1. The molecular formula is C17H21FN2O4S. The van der Waals surface area contributed by atoms with Crippen LogP contribution in [0, 0.1) is 11.7 Å². The minimum atomic E-state index is -3.79. The zero-order chi connectivity index (χ0) is 17.6. The topological polar surface area (TPSA) is 75.7 Å². The highest BCUT2D eigenvalue weighted by atomic mass is 32.2. The van der Waals surface area contributed by atoms with Gasteiger partial charge < -0.3 is 10.1 Å². The Bertz CT molecular complexity index is 781. The zero-order valence-corrected chi connectivity index (χ0v) is 14.5. The van der Waals surface area contributed by atoms with Gasteiger partial charge in [-0.05, 0) is 43.9 Å². The van der Waals surface area contributed by atoms with E-state index in [0.717, 1.165) is 25.3 Å². The number of sulfonamides is 1. The zero-order valence-electron chi connectivity index (χ0n) is 13.7. The lowest BCUT2D eigenvalue weighted by Gasteiger charge is -2.32. The van der Waals surface area contributed by atoms with E-state index in [9.17, 15) is 17.6 Å². The number of carbonyl (C=O) groups is 1. The second-order valence-corrected chi connectivity index (χ2v) is 8.99. The van der Waals surface area contributed by atoms with Crippen LogP contribution >= 0.6 is 0 Å². The maximum absolute atomic E-state index is 13.4. The molecule has 2 bridgehead atoms. The van der Waals surface area contributed by atoms with E-state index in [1.807, 2.05) is 0 Å². The minimum Gasteiger partial charge on any atom is -0.371 e. The van der Waals surface area contributed by atoms with E-state index < -0.39 is 21.9 Å². The Hall–Kier alpha value is -1.51. The lowest BCUT2D eigenvalue weighted by molar-refractivity contribution is -0.128. The SMILES string of the molecule is O=C(NC1CCC1)C1CC2CN(S(=O)(=O)c3cccc(F)c3)CC1O2. The highest BCUT2D eigenvalue weighted by Gasteiger charge is 2.48. The van der Waals surface area contributed by atoms with E-state index in [2.05, 4.69) is 5.32 Å². The predicted molar refractivity (Wildman–Crippen MR) is 87.7 cm³/mol. The van der Waals surface area contributed by atoms with Gasteiger partial charge in [0, 0.05) is 19.1 Å². The molecular weight excluding hydrogens is 347 g/mol. The average Bonchev–Trinajstić information content (AvgIpc) is 2.84. The molecule has 1 aromatic carbocycles. The summed E-state index contributed by atoms with van der Waals surface area (Å²) >= 11 is 0. The third-order valence-electron chi connectivity index (χ3n) is 5.35. The van der Waals surface area contributed by atoms with Crippen molar-refractivity contribution in [3.05, 3.63) is 30.1 Å². The van der Waals surface area contributed by atoms with Crippen LogP contribution in [-0.4, -0.2) is 50.0 Å². The molecule has 8 heteroatoms. The van der Waals surface area contributed by atoms with Crippen molar-refractivity contribution in [1.82, 2.24) is 9.62 Å². The fraction of sp³-hybridized carbons (Fsp3) is 0.588. The highest BCUT2D eigenvalue weighted by Crippen LogP contribution is 2.35. The average molecular weight is 368 g/mol. The Morgan fingerprint density at radius 3 is 2.76 bits per heavy atom. The largest absolute Gasteiger partial charge is 0.371 e. The maximum atomic E-state index is 13.4. The second-order valence-electron chi connectivity index (χ2n) is 7.05. The number of halogens is 1. The number of amides is 1. The van der Waals surface area contributed by atoms with E-state index in [4.69, 9.17) is 4.74 Å². The summed E-state index contributed by atoms with van der Waals surface area (Å²) in [6, 6.07) is 5.25. The molecule has 25 heavy (non-hydrogen) atoms. The van der Waals surface area contributed by atoms with E-state index in [1.165, 1.54) is 22.5 Å². The van der Waals surface area contributed by atoms with Gasteiger partial charge in [-0.25, -0.2) is 12.8 Å². The number of benzene rings is 1. The Kier molecular flexibility index (Phi) is 4.29. The van der Waals surface area contributed by atoms with Gasteiger partial charge in [-0.1, -0.05) is 6.07 Å². The van der Waals surface area contributed by atoms with Gasteiger partial charge in [-0.3, -0.25) is 4.79 Å². The van der Waals surface area contributed by atoms with Crippen LogP contribution < -0.4 is 5.32 Å². The maximum Gasteiger partial charge on any atom is 0.243 e. The number of hydrogen-bond acceptors (Lipinski definition) is 4. The quantitative estimate of drug-likeness (QED) is 0.869. The van der Waals surface area contributed by atoms with E-state index >= 15 is 0 Å². The first-order valence-electron chi connectivity index (χ1n) is 8.65. The standard InChI is InChI=1S/C17H21FN2O4S/c18-11-3-1-6-14(7-11)25(22,23)20-9-13-8-15(16(10-20)24-13)17(21)19-12-4-2-5-12/h1,3,6-7,12-13,15-16H,2,4-5,8-10H2,(H,19,21). The van der Waals surface area contributed by atoms with Crippen LogP contribution in [0.15, 0.2) is 29.2 Å². The van der Waals surface area contributed by atoms with Crippen molar-refractivity contribution in [3.63, 3.8) is 0 Å². The van der Waals surface area contributed by atoms with E-state index in [0.29, 0.717) is 6.42 Å². The first-order valence-corrected chi connectivity index (χ1v) is 10.1. The number of nitrogens with one attached hydrogen (secondary N) is 1. The van der Waals surface area contributed by atoms with Gasteiger partial charge in [0.25, 0.3) is 0 Å². The Balaban J connectivity index is 1.49. The molecule has 3 unspecified atom stereocenters. The molecule has 4 rings (SSSR count). The molecule has 1 aliphatic carbocycles. The highest BCUT2D eigenvalue weighted by molar-refractivity contribution is 7.89. The molecule has 2 saturated heterocycles. The van der Waals surface area contributed by atoms with Crippen LogP contribution in [0.1, 0.15) is 25.7 Å². The van der Waals surface area contributed by atoms with Gasteiger partial charge in [0.2, 0.25) is 15.9 Å². The molecule has 2 aliphatic heterocycles. The van der Waals surface area contributed by atoms with Crippen molar-refractivity contribution in [2.24, 2.45) is 5.92 Å². The van der Waals surface area contributed by atoms with Gasteiger partial charge in [-0.15, -0.1) is 0 Å². The fourth-order valence-corrected chi connectivity index (χ4v) is 5.25. The summed E-state index contributed by atoms with van der Waals surface area (Å²) in [6.07, 6.45) is 2.94. The summed E-state index contributed by atoms with van der Waals surface area (Å²) < 4.78 is 46.1. The molecule has 3 atom stereocenters. The van der Waals surface area contributed by atoms with Crippen molar-refractivity contribution in [2.75, 3.05) is 13.1 Å².